The molecule has 0 aromatic heterocycles. The van der Waals surface area contributed by atoms with Gasteiger partial charge in [0.2, 0.25) is 5.91 Å². The summed E-state index contributed by atoms with van der Waals surface area (Å²) in [7, 11) is 3.24. The molecule has 0 bridgehead atoms. The second-order valence-electron chi connectivity index (χ2n) is 5.68. The van der Waals surface area contributed by atoms with E-state index in [1.807, 2.05) is 36.4 Å². The van der Waals surface area contributed by atoms with E-state index in [0.717, 1.165) is 30.0 Å². The molecule has 134 valence electrons. The van der Waals surface area contributed by atoms with Crippen molar-refractivity contribution < 1.29 is 14.3 Å². The van der Waals surface area contributed by atoms with Crippen LogP contribution >= 0.6 is 0 Å². The number of hydrogen-bond acceptors (Lipinski definition) is 4. The molecule has 2 N–H and O–H groups in total. The normalized spacial score (nSPS) is 10.2. The maximum absolute atomic E-state index is 11.9. The molecule has 0 aliphatic heterocycles. The Morgan fingerprint density at radius 3 is 2.52 bits per heavy atom. The molecule has 2 aromatic carbocycles. The molecule has 1 amide bonds. The monoisotopic (exact) mass is 342 g/mol. The van der Waals surface area contributed by atoms with Gasteiger partial charge in [0.25, 0.3) is 0 Å². The Labute approximate surface area is 149 Å². The lowest BCUT2D eigenvalue weighted by Gasteiger charge is -2.12. The molecule has 0 unspecified atom stereocenters. The van der Waals surface area contributed by atoms with E-state index in [2.05, 4.69) is 22.8 Å². The van der Waals surface area contributed by atoms with Crippen molar-refractivity contribution in [3.05, 3.63) is 54.1 Å². The van der Waals surface area contributed by atoms with Crippen LogP contribution in [-0.4, -0.2) is 33.2 Å². The van der Waals surface area contributed by atoms with Crippen LogP contribution in [0.4, 0.5) is 5.69 Å². The number of amides is 1. The van der Waals surface area contributed by atoms with Gasteiger partial charge in [0.05, 0.1) is 19.9 Å². The molecule has 5 nitrogen and oxygen atoms in total. The van der Waals surface area contributed by atoms with Crippen LogP contribution in [0.3, 0.4) is 0 Å². The van der Waals surface area contributed by atoms with Gasteiger partial charge >= 0.3 is 0 Å². The molecular formula is C20H26N2O3. The maximum Gasteiger partial charge on any atom is 0.221 e. The summed E-state index contributed by atoms with van der Waals surface area (Å²) in [4.78, 5) is 11.9. The summed E-state index contributed by atoms with van der Waals surface area (Å²) in [6.07, 6.45) is 2.32. The Bertz CT molecular complexity index is 659. The van der Waals surface area contributed by atoms with Gasteiger partial charge in [-0.05, 0) is 30.5 Å². The fourth-order valence-corrected chi connectivity index (χ4v) is 2.52. The molecule has 0 saturated heterocycles. The number of nitrogens with one attached hydrogen (secondary N) is 2. The number of hydrogen-bond donors (Lipinski definition) is 2. The highest BCUT2D eigenvalue weighted by atomic mass is 16.5. The van der Waals surface area contributed by atoms with Crippen molar-refractivity contribution in [2.75, 3.05) is 32.6 Å². The van der Waals surface area contributed by atoms with Crippen LogP contribution in [0.1, 0.15) is 18.4 Å². The quantitative estimate of drug-likeness (QED) is 0.651. The Balaban J connectivity index is 1.66. The fourth-order valence-electron chi connectivity index (χ4n) is 2.52. The van der Waals surface area contributed by atoms with Gasteiger partial charge in [0.15, 0.2) is 0 Å². The lowest BCUT2D eigenvalue weighted by Crippen LogP contribution is -2.26. The average Bonchev–Trinajstić information content (AvgIpc) is 2.66. The van der Waals surface area contributed by atoms with Gasteiger partial charge in [-0.1, -0.05) is 30.3 Å². The van der Waals surface area contributed by atoms with E-state index in [-0.39, 0.29) is 5.91 Å². The average molecular weight is 342 g/mol. The minimum atomic E-state index is 0.0439. The molecule has 2 rings (SSSR count). The van der Waals surface area contributed by atoms with Crippen LogP contribution in [-0.2, 0) is 11.2 Å². The standard InChI is InChI=1S/C20H26N2O3/c1-24-17-10-11-19(25-2)18(15-17)21-14-12-20(23)22-13-6-9-16-7-4-3-5-8-16/h3-5,7-8,10-11,15,21H,6,9,12-14H2,1-2H3,(H,22,23). The van der Waals surface area contributed by atoms with Gasteiger partial charge in [0, 0.05) is 25.6 Å². The van der Waals surface area contributed by atoms with Crippen molar-refractivity contribution in [2.45, 2.75) is 19.3 Å². The van der Waals surface area contributed by atoms with Crippen LogP contribution in [0.15, 0.2) is 48.5 Å². The molecular weight excluding hydrogens is 316 g/mol. The summed E-state index contributed by atoms with van der Waals surface area (Å²) in [6.45, 7) is 1.23. The maximum atomic E-state index is 11.9. The lowest BCUT2D eigenvalue weighted by molar-refractivity contribution is -0.120. The van der Waals surface area contributed by atoms with Crippen LogP contribution in [0.25, 0.3) is 0 Å². The van der Waals surface area contributed by atoms with E-state index in [1.54, 1.807) is 14.2 Å². The third-order valence-electron chi connectivity index (χ3n) is 3.88. The topological polar surface area (TPSA) is 59.6 Å². The molecule has 0 saturated carbocycles. The summed E-state index contributed by atoms with van der Waals surface area (Å²) in [5, 5.41) is 6.18. The van der Waals surface area contributed by atoms with Crippen LogP contribution in [0, 0.1) is 0 Å². The fraction of sp³-hybridized carbons (Fsp3) is 0.350. The van der Waals surface area contributed by atoms with E-state index >= 15 is 0 Å². The van der Waals surface area contributed by atoms with Gasteiger partial charge in [-0.3, -0.25) is 4.79 Å². The van der Waals surface area contributed by atoms with Crippen molar-refractivity contribution in [3.63, 3.8) is 0 Å². The minimum Gasteiger partial charge on any atom is -0.497 e. The van der Waals surface area contributed by atoms with Crippen LogP contribution in [0.2, 0.25) is 0 Å². The molecule has 0 radical (unpaired) electrons. The third kappa shape index (κ3) is 6.37. The van der Waals surface area contributed by atoms with Crippen LogP contribution < -0.4 is 20.1 Å². The Morgan fingerprint density at radius 2 is 1.80 bits per heavy atom. The van der Waals surface area contributed by atoms with Crippen molar-refractivity contribution in [1.82, 2.24) is 5.32 Å². The van der Waals surface area contributed by atoms with E-state index in [4.69, 9.17) is 9.47 Å². The van der Waals surface area contributed by atoms with Crippen molar-refractivity contribution in [1.29, 1.82) is 0 Å². The molecule has 0 aliphatic carbocycles. The number of anilines is 1. The summed E-state index contributed by atoms with van der Waals surface area (Å²) in [5.74, 6) is 1.51. The van der Waals surface area contributed by atoms with Gasteiger partial charge in [-0.25, -0.2) is 0 Å². The molecule has 2 aromatic rings. The van der Waals surface area contributed by atoms with Crippen molar-refractivity contribution in [3.8, 4) is 11.5 Å². The van der Waals surface area contributed by atoms with Crippen LogP contribution in [0.5, 0.6) is 11.5 Å². The van der Waals surface area contributed by atoms with E-state index in [0.29, 0.717) is 19.5 Å². The number of aryl methyl sites for hydroxylation is 1. The molecule has 0 fully saturated rings. The highest BCUT2D eigenvalue weighted by molar-refractivity contribution is 5.76. The molecule has 0 atom stereocenters. The van der Waals surface area contributed by atoms with Crippen molar-refractivity contribution >= 4 is 11.6 Å². The first-order chi connectivity index (χ1) is 12.2. The first-order valence-corrected chi connectivity index (χ1v) is 8.49. The lowest BCUT2D eigenvalue weighted by atomic mass is 10.1. The van der Waals surface area contributed by atoms with E-state index in [9.17, 15) is 4.79 Å². The largest absolute Gasteiger partial charge is 0.497 e. The molecule has 0 aliphatic rings. The predicted molar refractivity (Wildman–Crippen MR) is 100 cm³/mol. The van der Waals surface area contributed by atoms with Gasteiger partial charge in [-0.2, -0.15) is 0 Å². The van der Waals surface area contributed by atoms with Gasteiger partial charge < -0.3 is 20.1 Å². The zero-order valence-corrected chi connectivity index (χ0v) is 14.9. The molecule has 0 spiro atoms. The Kier molecular flexibility index (Phi) is 7.63. The first kappa shape index (κ1) is 18.6. The van der Waals surface area contributed by atoms with E-state index in [1.165, 1.54) is 5.56 Å². The number of ether oxygens (including phenoxy) is 2. The summed E-state index contributed by atoms with van der Waals surface area (Å²) >= 11 is 0. The molecule has 25 heavy (non-hydrogen) atoms. The van der Waals surface area contributed by atoms with Gasteiger partial charge in [0.1, 0.15) is 11.5 Å². The van der Waals surface area contributed by atoms with E-state index < -0.39 is 0 Å². The minimum absolute atomic E-state index is 0.0439. The predicted octanol–water partition coefficient (Wildman–Crippen LogP) is 3.25. The van der Waals surface area contributed by atoms with Gasteiger partial charge in [-0.15, -0.1) is 0 Å². The number of carbonyl (C=O) groups is 1. The smallest absolute Gasteiger partial charge is 0.221 e. The molecule has 0 heterocycles. The summed E-state index contributed by atoms with van der Waals surface area (Å²) in [6, 6.07) is 15.8. The SMILES string of the molecule is COc1ccc(OC)c(NCCC(=O)NCCCc2ccccc2)c1. The zero-order chi connectivity index (χ0) is 17.9. The zero-order valence-electron chi connectivity index (χ0n) is 14.9. The summed E-state index contributed by atoms with van der Waals surface area (Å²) < 4.78 is 10.5. The Hall–Kier alpha value is -2.69. The van der Waals surface area contributed by atoms with Crippen molar-refractivity contribution in [2.24, 2.45) is 0 Å². The summed E-state index contributed by atoms with van der Waals surface area (Å²) in [5.41, 5.74) is 2.11. The third-order valence-corrected chi connectivity index (χ3v) is 3.88. The number of rotatable bonds is 10. The molecule has 5 heteroatoms. The first-order valence-electron chi connectivity index (χ1n) is 8.49. The second-order valence-corrected chi connectivity index (χ2v) is 5.68. The number of benzene rings is 2. The Morgan fingerprint density at radius 1 is 1.00 bits per heavy atom. The second kappa shape index (κ2) is 10.2. The highest BCUT2D eigenvalue weighted by Gasteiger charge is 2.06. The highest BCUT2D eigenvalue weighted by Crippen LogP contribution is 2.28. The number of carbonyl (C=O) groups excluding carboxylic acids is 1. The number of methoxy groups -OCH3 is 2.